The third-order valence-corrected chi connectivity index (χ3v) is 7.13. The van der Waals surface area contributed by atoms with Gasteiger partial charge in [0.1, 0.15) is 0 Å². The Morgan fingerprint density at radius 2 is 1.44 bits per heavy atom. The van der Waals surface area contributed by atoms with Crippen LogP contribution >= 0.6 is 0 Å². The number of sulfonamides is 1. The van der Waals surface area contributed by atoms with Crippen molar-refractivity contribution in [3.8, 4) is 0 Å². The summed E-state index contributed by atoms with van der Waals surface area (Å²) in [4.78, 5) is 27.1. The predicted octanol–water partition coefficient (Wildman–Crippen LogP) is 5.04. The fourth-order valence-electron chi connectivity index (χ4n) is 4.08. The number of nitrogen functional groups attached to an aromatic ring is 1. The van der Waals surface area contributed by atoms with Crippen molar-refractivity contribution in [2.75, 3.05) is 15.4 Å². The Morgan fingerprint density at radius 3 is 2.08 bits per heavy atom. The standard InChI is InChI=1S/C25H16F3N3O4S/c26-25(27,28)15-4-6-17(7-5-15)30-36(34,35)19-10-8-18(9-11-19)31-23(32)20-3-1-2-14-12-16(29)13-21(22(14)20)24(31)33/h1-13,30H,29H2. The van der Waals surface area contributed by atoms with E-state index in [0.29, 0.717) is 22.0 Å². The average Bonchev–Trinajstić information content (AvgIpc) is 2.82. The summed E-state index contributed by atoms with van der Waals surface area (Å²) in [6, 6.07) is 16.7. The molecule has 0 saturated carbocycles. The van der Waals surface area contributed by atoms with Crippen molar-refractivity contribution in [1.82, 2.24) is 0 Å². The maximum absolute atomic E-state index is 13.2. The minimum Gasteiger partial charge on any atom is -0.399 e. The monoisotopic (exact) mass is 511 g/mol. The van der Waals surface area contributed by atoms with Crippen LogP contribution in [0.4, 0.5) is 30.2 Å². The Hall–Kier alpha value is -4.38. The minimum atomic E-state index is -4.55. The molecular formula is C25H16F3N3O4S. The highest BCUT2D eigenvalue weighted by molar-refractivity contribution is 7.92. The molecule has 0 aliphatic carbocycles. The van der Waals surface area contributed by atoms with E-state index in [0.717, 1.165) is 29.2 Å². The second-order valence-corrected chi connectivity index (χ2v) is 9.77. The van der Waals surface area contributed by atoms with Crippen LogP contribution in [0.15, 0.2) is 83.8 Å². The number of anilines is 3. The molecule has 7 nitrogen and oxygen atoms in total. The first-order chi connectivity index (χ1) is 17.0. The van der Waals surface area contributed by atoms with Crippen molar-refractivity contribution < 1.29 is 31.2 Å². The highest BCUT2D eigenvalue weighted by Gasteiger charge is 2.34. The van der Waals surface area contributed by atoms with E-state index in [9.17, 15) is 31.2 Å². The molecule has 11 heteroatoms. The second-order valence-electron chi connectivity index (χ2n) is 8.09. The summed E-state index contributed by atoms with van der Waals surface area (Å²) in [6.45, 7) is 0. The highest BCUT2D eigenvalue weighted by atomic mass is 32.2. The number of nitrogens with two attached hydrogens (primary N) is 1. The maximum Gasteiger partial charge on any atom is 0.416 e. The van der Waals surface area contributed by atoms with Crippen LogP contribution in [0.1, 0.15) is 26.3 Å². The van der Waals surface area contributed by atoms with Gasteiger partial charge in [0.15, 0.2) is 0 Å². The Labute approximate surface area is 203 Å². The van der Waals surface area contributed by atoms with E-state index >= 15 is 0 Å². The lowest BCUT2D eigenvalue weighted by Crippen LogP contribution is -2.40. The molecule has 0 radical (unpaired) electrons. The van der Waals surface area contributed by atoms with E-state index in [2.05, 4.69) is 4.72 Å². The third-order valence-electron chi connectivity index (χ3n) is 5.74. The van der Waals surface area contributed by atoms with Crippen LogP contribution in [-0.4, -0.2) is 20.2 Å². The Bertz CT molecular complexity index is 1650. The number of amides is 2. The van der Waals surface area contributed by atoms with E-state index in [4.69, 9.17) is 5.73 Å². The predicted molar refractivity (Wildman–Crippen MR) is 128 cm³/mol. The van der Waals surface area contributed by atoms with Crippen molar-refractivity contribution in [2.45, 2.75) is 11.1 Å². The van der Waals surface area contributed by atoms with Crippen LogP contribution in [0, 0.1) is 0 Å². The molecule has 36 heavy (non-hydrogen) atoms. The lowest BCUT2D eigenvalue weighted by Gasteiger charge is -2.27. The van der Waals surface area contributed by atoms with Crippen LogP contribution in [0.5, 0.6) is 0 Å². The van der Waals surface area contributed by atoms with Crippen LogP contribution in [0.3, 0.4) is 0 Å². The summed E-state index contributed by atoms with van der Waals surface area (Å²) in [7, 11) is -4.16. The molecule has 182 valence electrons. The number of carbonyl (C=O) groups excluding carboxylic acids is 2. The van der Waals surface area contributed by atoms with Gasteiger partial charge in [-0.05, 0) is 72.1 Å². The van der Waals surface area contributed by atoms with Crippen molar-refractivity contribution in [3.05, 3.63) is 95.6 Å². The summed E-state index contributed by atoms with van der Waals surface area (Å²) >= 11 is 0. The SMILES string of the molecule is Nc1cc2c3c(cccc3c1)C(=O)N(c1ccc(S(=O)(=O)Nc3ccc(C(F)(F)F)cc3)cc1)C2=O. The molecule has 0 unspecified atom stereocenters. The highest BCUT2D eigenvalue weighted by Crippen LogP contribution is 2.35. The first kappa shape index (κ1) is 23.4. The Morgan fingerprint density at radius 1 is 0.806 bits per heavy atom. The van der Waals surface area contributed by atoms with Crippen molar-refractivity contribution >= 4 is 49.7 Å². The summed E-state index contributed by atoms with van der Waals surface area (Å²) in [5.41, 5.74) is 6.01. The van der Waals surface area contributed by atoms with Gasteiger partial charge >= 0.3 is 6.18 Å². The lowest BCUT2D eigenvalue weighted by molar-refractivity contribution is -0.137. The van der Waals surface area contributed by atoms with Gasteiger partial charge < -0.3 is 5.73 Å². The minimum absolute atomic E-state index is 0.0595. The number of benzene rings is 4. The van der Waals surface area contributed by atoms with Gasteiger partial charge in [-0.1, -0.05) is 12.1 Å². The van der Waals surface area contributed by atoms with E-state index < -0.39 is 33.6 Å². The molecule has 1 aliphatic rings. The number of nitrogens with one attached hydrogen (secondary N) is 1. The van der Waals surface area contributed by atoms with Crippen molar-refractivity contribution in [3.63, 3.8) is 0 Å². The summed E-state index contributed by atoms with van der Waals surface area (Å²) in [5, 5.41) is 1.15. The van der Waals surface area contributed by atoms with E-state index in [1.807, 2.05) is 0 Å². The summed E-state index contributed by atoms with van der Waals surface area (Å²) in [5.74, 6) is -1.17. The van der Waals surface area contributed by atoms with E-state index in [1.54, 1.807) is 24.3 Å². The zero-order valence-corrected chi connectivity index (χ0v) is 19.0. The molecule has 0 atom stereocenters. The molecule has 5 rings (SSSR count). The molecule has 0 spiro atoms. The van der Waals surface area contributed by atoms with Crippen LogP contribution in [0.25, 0.3) is 10.8 Å². The van der Waals surface area contributed by atoms with Gasteiger partial charge in [0.2, 0.25) is 0 Å². The molecule has 0 saturated heterocycles. The van der Waals surface area contributed by atoms with Gasteiger partial charge in [0.25, 0.3) is 21.8 Å². The van der Waals surface area contributed by atoms with E-state index in [1.165, 1.54) is 30.3 Å². The molecule has 0 fully saturated rings. The molecule has 0 aromatic heterocycles. The van der Waals surface area contributed by atoms with E-state index in [-0.39, 0.29) is 21.8 Å². The van der Waals surface area contributed by atoms with Crippen molar-refractivity contribution in [2.24, 2.45) is 0 Å². The van der Waals surface area contributed by atoms with Crippen LogP contribution in [-0.2, 0) is 16.2 Å². The smallest absolute Gasteiger partial charge is 0.399 e. The normalized spacial score (nSPS) is 13.8. The Balaban J connectivity index is 1.44. The van der Waals surface area contributed by atoms with Gasteiger partial charge in [0, 0.05) is 22.3 Å². The lowest BCUT2D eigenvalue weighted by atomic mass is 9.93. The first-order valence-corrected chi connectivity index (χ1v) is 12.0. The quantitative estimate of drug-likeness (QED) is 0.295. The van der Waals surface area contributed by atoms with Gasteiger partial charge in [-0.2, -0.15) is 13.2 Å². The molecule has 1 heterocycles. The van der Waals surface area contributed by atoms with Gasteiger partial charge in [-0.25, -0.2) is 13.3 Å². The number of imide groups is 1. The largest absolute Gasteiger partial charge is 0.416 e. The molecule has 4 aromatic carbocycles. The van der Waals surface area contributed by atoms with Crippen LogP contribution in [0.2, 0.25) is 0 Å². The van der Waals surface area contributed by atoms with Crippen LogP contribution < -0.4 is 15.4 Å². The molecule has 0 bridgehead atoms. The summed E-state index contributed by atoms with van der Waals surface area (Å²) < 4.78 is 65.9. The number of hydrogen-bond acceptors (Lipinski definition) is 5. The zero-order chi connectivity index (χ0) is 25.8. The zero-order valence-electron chi connectivity index (χ0n) is 18.2. The number of nitrogens with zero attached hydrogens (tertiary/aromatic N) is 1. The molecule has 3 N–H and O–H groups in total. The number of hydrogen-bond donors (Lipinski definition) is 2. The number of rotatable bonds is 4. The number of carbonyl (C=O) groups is 2. The first-order valence-electron chi connectivity index (χ1n) is 10.5. The topological polar surface area (TPSA) is 110 Å². The van der Waals surface area contributed by atoms with Gasteiger partial charge in [-0.15, -0.1) is 0 Å². The average molecular weight is 511 g/mol. The Kier molecular flexibility index (Phi) is 5.25. The van der Waals surface area contributed by atoms with Gasteiger partial charge in [0.05, 0.1) is 21.7 Å². The number of alkyl halides is 3. The fraction of sp³-hybridized carbons (Fsp3) is 0.0400. The van der Waals surface area contributed by atoms with Crippen molar-refractivity contribution in [1.29, 1.82) is 0 Å². The molecular weight excluding hydrogens is 495 g/mol. The molecule has 1 aliphatic heterocycles. The second kappa shape index (κ2) is 8.09. The number of halogens is 3. The molecule has 4 aromatic rings. The maximum atomic E-state index is 13.2. The fourth-order valence-corrected chi connectivity index (χ4v) is 5.14. The molecule has 2 amide bonds. The van der Waals surface area contributed by atoms with Gasteiger partial charge in [-0.3, -0.25) is 14.3 Å². The summed E-state index contributed by atoms with van der Waals surface area (Å²) in [6.07, 6.45) is -4.55. The third kappa shape index (κ3) is 3.93.